The Morgan fingerprint density at radius 2 is 2.07 bits per heavy atom. The number of piperidine rings is 1. The zero-order valence-corrected chi connectivity index (χ0v) is 8.56. The first-order valence-corrected chi connectivity index (χ1v) is 5.24. The van der Waals surface area contributed by atoms with Crippen molar-refractivity contribution in [1.29, 1.82) is 0 Å². The molecule has 15 heavy (non-hydrogen) atoms. The van der Waals surface area contributed by atoms with E-state index in [4.69, 9.17) is 4.74 Å². The van der Waals surface area contributed by atoms with Crippen LogP contribution in [0.1, 0.15) is 19.3 Å². The summed E-state index contributed by atoms with van der Waals surface area (Å²) in [6.45, 7) is 1.59. The molecule has 0 N–H and O–H groups in total. The molecular formula is C11H14N2O2. The molecule has 2 rings (SSSR count). The van der Waals surface area contributed by atoms with Gasteiger partial charge in [-0.2, -0.15) is 0 Å². The van der Waals surface area contributed by atoms with Crippen molar-refractivity contribution < 1.29 is 9.53 Å². The Morgan fingerprint density at radius 3 is 2.73 bits per heavy atom. The highest BCUT2D eigenvalue weighted by atomic mass is 16.6. The van der Waals surface area contributed by atoms with Crippen molar-refractivity contribution in [2.75, 3.05) is 13.1 Å². The van der Waals surface area contributed by atoms with Crippen LogP contribution < -0.4 is 4.74 Å². The highest BCUT2D eigenvalue weighted by Crippen LogP contribution is 2.11. The molecule has 0 saturated carbocycles. The number of likely N-dealkylation sites (tertiary alicyclic amines) is 1. The minimum atomic E-state index is -0.284. The Kier molecular flexibility index (Phi) is 3.17. The number of rotatable bonds is 1. The largest absolute Gasteiger partial charge is 0.416 e. The summed E-state index contributed by atoms with van der Waals surface area (Å²) in [4.78, 5) is 17.3. The fraction of sp³-hybridized carbons (Fsp3) is 0.455. The molecule has 1 saturated heterocycles. The lowest BCUT2D eigenvalue weighted by Crippen LogP contribution is -2.37. The van der Waals surface area contributed by atoms with Crippen LogP contribution in [-0.4, -0.2) is 29.1 Å². The molecule has 80 valence electrons. The summed E-state index contributed by atoms with van der Waals surface area (Å²) >= 11 is 0. The van der Waals surface area contributed by atoms with E-state index in [1.165, 1.54) is 6.42 Å². The van der Waals surface area contributed by atoms with E-state index >= 15 is 0 Å². The van der Waals surface area contributed by atoms with E-state index in [9.17, 15) is 4.79 Å². The van der Waals surface area contributed by atoms with Gasteiger partial charge in [-0.15, -0.1) is 0 Å². The van der Waals surface area contributed by atoms with Crippen LogP contribution in [0.4, 0.5) is 4.79 Å². The third kappa shape index (κ3) is 2.68. The van der Waals surface area contributed by atoms with Crippen molar-refractivity contribution in [1.82, 2.24) is 9.88 Å². The van der Waals surface area contributed by atoms with Gasteiger partial charge in [0.05, 0.1) is 0 Å². The monoisotopic (exact) mass is 206 g/mol. The second-order valence-electron chi connectivity index (χ2n) is 3.58. The number of hydrogen-bond acceptors (Lipinski definition) is 3. The molecule has 1 aliphatic heterocycles. The molecule has 4 nitrogen and oxygen atoms in total. The quantitative estimate of drug-likeness (QED) is 0.706. The van der Waals surface area contributed by atoms with Crippen LogP contribution in [0, 0.1) is 0 Å². The third-order valence-electron chi connectivity index (χ3n) is 2.44. The Balaban J connectivity index is 1.91. The number of pyridine rings is 1. The number of aromatic nitrogens is 1. The Bertz CT molecular complexity index is 321. The SMILES string of the molecule is O=C(Oc1ccccn1)N1CCCCC1. The van der Waals surface area contributed by atoms with Crippen LogP contribution in [0.15, 0.2) is 24.4 Å². The smallest absolute Gasteiger partial charge is 0.391 e. The van der Waals surface area contributed by atoms with Gasteiger partial charge in [-0.25, -0.2) is 9.78 Å². The molecule has 1 fully saturated rings. The summed E-state index contributed by atoms with van der Waals surface area (Å²) in [5.41, 5.74) is 0. The van der Waals surface area contributed by atoms with Crippen LogP contribution in [-0.2, 0) is 0 Å². The number of hydrogen-bond donors (Lipinski definition) is 0. The summed E-state index contributed by atoms with van der Waals surface area (Å²) in [5, 5.41) is 0. The van der Waals surface area contributed by atoms with E-state index in [2.05, 4.69) is 4.98 Å². The molecular weight excluding hydrogens is 192 g/mol. The zero-order valence-electron chi connectivity index (χ0n) is 8.56. The van der Waals surface area contributed by atoms with Gasteiger partial charge >= 0.3 is 6.09 Å². The Morgan fingerprint density at radius 1 is 1.27 bits per heavy atom. The van der Waals surface area contributed by atoms with Gasteiger partial charge < -0.3 is 9.64 Å². The average molecular weight is 206 g/mol. The Hall–Kier alpha value is -1.58. The molecule has 0 aromatic carbocycles. The van der Waals surface area contributed by atoms with E-state index in [1.807, 2.05) is 0 Å². The molecule has 0 spiro atoms. The fourth-order valence-electron chi connectivity index (χ4n) is 1.64. The van der Waals surface area contributed by atoms with Crippen LogP contribution in [0.2, 0.25) is 0 Å². The highest BCUT2D eigenvalue weighted by molar-refractivity contribution is 5.70. The highest BCUT2D eigenvalue weighted by Gasteiger charge is 2.18. The molecule has 4 heteroatoms. The molecule has 1 amide bonds. The second kappa shape index (κ2) is 4.77. The van der Waals surface area contributed by atoms with Gasteiger partial charge in [0.1, 0.15) is 0 Å². The van der Waals surface area contributed by atoms with Crippen molar-refractivity contribution in [3.8, 4) is 5.88 Å². The molecule has 1 aromatic rings. The van der Waals surface area contributed by atoms with Gasteiger partial charge in [0.15, 0.2) is 0 Å². The number of ether oxygens (including phenoxy) is 1. The number of carbonyl (C=O) groups is 1. The summed E-state index contributed by atoms with van der Waals surface area (Å²) in [6.07, 6.45) is 4.66. The van der Waals surface area contributed by atoms with E-state index in [-0.39, 0.29) is 6.09 Å². The molecule has 0 aliphatic carbocycles. The predicted molar refractivity (Wildman–Crippen MR) is 55.7 cm³/mol. The average Bonchev–Trinajstić information content (AvgIpc) is 2.31. The van der Waals surface area contributed by atoms with Gasteiger partial charge in [-0.3, -0.25) is 0 Å². The summed E-state index contributed by atoms with van der Waals surface area (Å²) in [7, 11) is 0. The first kappa shape index (κ1) is 9.96. The van der Waals surface area contributed by atoms with E-state index in [0.717, 1.165) is 25.9 Å². The molecule has 1 aromatic heterocycles. The standard InChI is InChI=1S/C11H14N2O2/c14-11(13-8-4-1-5-9-13)15-10-6-2-3-7-12-10/h2-3,6-7H,1,4-5,8-9H2. The molecule has 0 atom stereocenters. The van der Waals surface area contributed by atoms with Crippen molar-refractivity contribution in [3.05, 3.63) is 24.4 Å². The number of amides is 1. The van der Waals surface area contributed by atoms with Crippen molar-refractivity contribution in [3.63, 3.8) is 0 Å². The lowest BCUT2D eigenvalue weighted by Gasteiger charge is -2.25. The number of nitrogens with zero attached hydrogens (tertiary/aromatic N) is 2. The summed E-state index contributed by atoms with van der Waals surface area (Å²) < 4.78 is 5.13. The zero-order chi connectivity index (χ0) is 10.5. The topological polar surface area (TPSA) is 42.4 Å². The fourth-order valence-corrected chi connectivity index (χ4v) is 1.64. The van der Waals surface area contributed by atoms with Gasteiger partial charge in [-0.1, -0.05) is 6.07 Å². The minimum Gasteiger partial charge on any atom is -0.391 e. The lowest BCUT2D eigenvalue weighted by molar-refractivity contribution is 0.141. The predicted octanol–water partition coefficient (Wildman–Crippen LogP) is 2.07. The molecule has 2 heterocycles. The molecule has 1 aliphatic rings. The Labute approximate surface area is 88.9 Å². The summed E-state index contributed by atoms with van der Waals surface area (Å²) in [6, 6.07) is 5.27. The van der Waals surface area contributed by atoms with Crippen LogP contribution >= 0.6 is 0 Å². The number of carbonyl (C=O) groups excluding carboxylic acids is 1. The summed E-state index contributed by atoms with van der Waals surface area (Å²) in [5.74, 6) is 0.369. The normalized spacial score (nSPS) is 16.1. The van der Waals surface area contributed by atoms with Crippen molar-refractivity contribution >= 4 is 6.09 Å². The van der Waals surface area contributed by atoms with Crippen LogP contribution in [0.25, 0.3) is 0 Å². The first-order chi connectivity index (χ1) is 7.36. The maximum atomic E-state index is 11.6. The van der Waals surface area contributed by atoms with E-state index < -0.39 is 0 Å². The van der Waals surface area contributed by atoms with Gasteiger partial charge in [0.25, 0.3) is 0 Å². The van der Waals surface area contributed by atoms with E-state index in [1.54, 1.807) is 29.3 Å². The van der Waals surface area contributed by atoms with Gasteiger partial charge in [0.2, 0.25) is 5.88 Å². The molecule has 0 bridgehead atoms. The second-order valence-corrected chi connectivity index (χ2v) is 3.58. The maximum absolute atomic E-state index is 11.6. The van der Waals surface area contributed by atoms with Gasteiger partial charge in [-0.05, 0) is 25.3 Å². The van der Waals surface area contributed by atoms with Crippen molar-refractivity contribution in [2.24, 2.45) is 0 Å². The third-order valence-corrected chi connectivity index (χ3v) is 2.44. The van der Waals surface area contributed by atoms with Crippen LogP contribution in [0.5, 0.6) is 5.88 Å². The minimum absolute atomic E-state index is 0.284. The van der Waals surface area contributed by atoms with Crippen LogP contribution in [0.3, 0.4) is 0 Å². The molecule has 0 unspecified atom stereocenters. The van der Waals surface area contributed by atoms with Gasteiger partial charge in [0, 0.05) is 25.4 Å². The first-order valence-electron chi connectivity index (χ1n) is 5.24. The van der Waals surface area contributed by atoms with E-state index in [0.29, 0.717) is 5.88 Å². The maximum Gasteiger partial charge on any atom is 0.416 e. The lowest BCUT2D eigenvalue weighted by atomic mass is 10.1. The van der Waals surface area contributed by atoms with Crippen molar-refractivity contribution in [2.45, 2.75) is 19.3 Å². The molecule has 0 radical (unpaired) electrons.